The molecule has 0 aromatic rings. The van der Waals surface area contributed by atoms with Crippen LogP contribution >= 0.6 is 0 Å². The first kappa shape index (κ1) is 40.2. The number of rotatable bonds is 24. The Kier molecular flexibility index (Phi) is 30.3. The van der Waals surface area contributed by atoms with Crippen LogP contribution in [-0.4, -0.2) is 69.8 Å². The number of ether oxygens (including phenoxy) is 3. The van der Waals surface area contributed by atoms with Crippen molar-refractivity contribution in [1.82, 2.24) is 0 Å². The summed E-state index contributed by atoms with van der Waals surface area (Å²) < 4.78 is 47.0. The second-order valence-electron chi connectivity index (χ2n) is 7.99. The van der Waals surface area contributed by atoms with Gasteiger partial charge in [0.05, 0.1) is 32.4 Å². The summed E-state index contributed by atoms with van der Waals surface area (Å²) in [6.07, 6.45) is 12.2. The molecule has 0 aliphatic rings. The summed E-state index contributed by atoms with van der Waals surface area (Å²) in [5.74, 6) is -6.14. The monoisotopic (exact) mass is 542 g/mol. The van der Waals surface area contributed by atoms with Crippen molar-refractivity contribution in [3.05, 3.63) is 0 Å². The van der Waals surface area contributed by atoms with E-state index in [0.717, 1.165) is 12.8 Å². The first-order valence-electron chi connectivity index (χ1n) is 11.8. The minimum Gasteiger partial charge on any atom is -0.550 e. The van der Waals surface area contributed by atoms with Crippen LogP contribution in [0, 0.1) is 5.92 Å². The first-order chi connectivity index (χ1) is 15.7. The van der Waals surface area contributed by atoms with Crippen LogP contribution in [0.25, 0.3) is 0 Å². The number of carbonyl (C=O) groups is 2. The molecule has 0 amide bonds. The van der Waals surface area contributed by atoms with Crippen LogP contribution in [0.2, 0.25) is 0 Å². The molecule has 0 aliphatic heterocycles. The van der Waals surface area contributed by atoms with Gasteiger partial charge in [0, 0.05) is 25.1 Å². The Bertz CT molecular complexity index is 619. The number of aliphatic carboxylic acids is 2. The van der Waals surface area contributed by atoms with E-state index in [1.807, 2.05) is 0 Å². The minimum atomic E-state index is -5.16. The third kappa shape index (κ3) is 23.6. The summed E-state index contributed by atoms with van der Waals surface area (Å²) in [7, 11) is -5.16. The van der Waals surface area contributed by atoms with Gasteiger partial charge in [0.2, 0.25) is 0 Å². The molecule has 0 heterocycles. The Labute approximate surface area is 254 Å². The van der Waals surface area contributed by atoms with E-state index < -0.39 is 39.6 Å². The molecular weight excluding hydrogens is 502 g/mol. The summed E-state index contributed by atoms with van der Waals surface area (Å²) in [4.78, 5) is 21.9. The van der Waals surface area contributed by atoms with Crippen LogP contribution < -0.4 is 69.3 Å². The van der Waals surface area contributed by atoms with Crippen molar-refractivity contribution in [3.63, 3.8) is 0 Å². The number of carboxylic acids is 2. The molecule has 0 aliphatic carbocycles. The maximum atomic E-state index is 11.1. The molecule has 35 heavy (non-hydrogen) atoms. The molecule has 196 valence electrons. The fourth-order valence-corrected chi connectivity index (χ4v) is 4.24. The van der Waals surface area contributed by atoms with Gasteiger partial charge in [0.1, 0.15) is 5.25 Å². The molecule has 0 saturated heterocycles. The Morgan fingerprint density at radius 3 is 1.49 bits per heavy atom. The zero-order chi connectivity index (χ0) is 25.0. The van der Waals surface area contributed by atoms with Crippen molar-refractivity contribution in [2.24, 2.45) is 5.92 Å². The second-order valence-corrected chi connectivity index (χ2v) is 9.53. The summed E-state index contributed by atoms with van der Waals surface area (Å²) in [6.45, 7) is 3.79. The second kappa shape index (κ2) is 26.3. The van der Waals surface area contributed by atoms with Gasteiger partial charge in [-0.05, 0) is 12.8 Å². The van der Waals surface area contributed by atoms with Gasteiger partial charge in [-0.1, -0.05) is 64.7 Å². The Balaban J connectivity index is -0.00000512. The smallest absolute Gasteiger partial charge is 0.550 e. The molecule has 2 atom stereocenters. The number of carboxylic acid groups (broad SMARTS) is 2. The number of hydrogen-bond donors (Lipinski definition) is 1. The van der Waals surface area contributed by atoms with E-state index in [0.29, 0.717) is 19.8 Å². The van der Waals surface area contributed by atoms with E-state index in [9.17, 15) is 28.2 Å². The topological polar surface area (TPSA) is 162 Å². The van der Waals surface area contributed by atoms with E-state index in [1.54, 1.807) is 0 Å². The van der Waals surface area contributed by atoms with Gasteiger partial charge in [-0.25, -0.2) is 0 Å². The molecule has 0 fully saturated rings. The fraction of sp³-hybridized carbons (Fsp3) is 0.909. The van der Waals surface area contributed by atoms with Crippen molar-refractivity contribution in [2.45, 2.75) is 82.8 Å². The Hall–Kier alpha value is 0.730. The van der Waals surface area contributed by atoms with E-state index in [4.69, 9.17) is 18.8 Å². The molecule has 0 spiro atoms. The third-order valence-electron chi connectivity index (χ3n) is 5.18. The van der Waals surface area contributed by atoms with Gasteiger partial charge in [-0.2, -0.15) is 8.42 Å². The molecule has 0 bridgehead atoms. The predicted octanol–water partition coefficient (Wildman–Crippen LogP) is -5.27. The molecule has 1 N–H and O–H groups in total. The van der Waals surface area contributed by atoms with Gasteiger partial charge in [-0.3, -0.25) is 4.55 Å². The van der Waals surface area contributed by atoms with Crippen LogP contribution in [0.5, 0.6) is 0 Å². The van der Waals surface area contributed by atoms with Gasteiger partial charge in [0.15, 0.2) is 0 Å². The number of unbranched alkanes of at least 4 members (excludes halogenated alkanes) is 9. The first-order valence-corrected chi connectivity index (χ1v) is 13.3. The van der Waals surface area contributed by atoms with Crippen LogP contribution in [0.3, 0.4) is 0 Å². The molecule has 0 aromatic heterocycles. The molecule has 0 saturated carbocycles. The standard InChI is InChI=1S/C22H42O10S.2Na/c1-2-3-4-5-6-7-8-9-10-11-13-30-15-17-32-18-16-31-14-12-19(21(23)24)20(22(25)26)33(27,28)29;;/h19-20H,2-18H2,1H3,(H,23,24)(H,25,26)(H,27,28,29);;/q;2*+1/p-2. The Morgan fingerprint density at radius 2 is 1.09 bits per heavy atom. The largest absolute Gasteiger partial charge is 1.00 e. The molecular formula is C22H40Na2O10S. The van der Waals surface area contributed by atoms with Crippen molar-refractivity contribution >= 4 is 22.1 Å². The van der Waals surface area contributed by atoms with Crippen molar-refractivity contribution < 1.29 is 106 Å². The summed E-state index contributed by atoms with van der Waals surface area (Å²) >= 11 is 0. The van der Waals surface area contributed by atoms with E-state index in [-0.39, 0.29) is 78.9 Å². The summed E-state index contributed by atoms with van der Waals surface area (Å²) in [6, 6.07) is 0. The van der Waals surface area contributed by atoms with Crippen LogP contribution in [0.15, 0.2) is 0 Å². The van der Waals surface area contributed by atoms with E-state index in [1.165, 1.54) is 51.4 Å². The average Bonchev–Trinajstić information content (AvgIpc) is 2.73. The summed E-state index contributed by atoms with van der Waals surface area (Å²) in [5.41, 5.74) is 0. The van der Waals surface area contributed by atoms with Gasteiger partial charge in [0.25, 0.3) is 10.1 Å². The minimum absolute atomic E-state index is 0. The number of carbonyl (C=O) groups excluding carboxylic acids is 2. The maximum Gasteiger partial charge on any atom is 1.00 e. The van der Waals surface area contributed by atoms with Gasteiger partial charge in [-0.15, -0.1) is 0 Å². The van der Waals surface area contributed by atoms with Crippen molar-refractivity contribution in [2.75, 3.05) is 39.6 Å². The molecule has 10 nitrogen and oxygen atoms in total. The fourth-order valence-electron chi connectivity index (χ4n) is 3.33. The molecule has 2 unspecified atom stereocenters. The van der Waals surface area contributed by atoms with Crippen molar-refractivity contribution in [3.8, 4) is 0 Å². The van der Waals surface area contributed by atoms with Crippen molar-refractivity contribution in [1.29, 1.82) is 0 Å². The average molecular weight is 543 g/mol. The molecule has 0 aromatic carbocycles. The summed E-state index contributed by atoms with van der Waals surface area (Å²) in [5, 5.41) is 19.3. The van der Waals surface area contributed by atoms with Gasteiger partial charge < -0.3 is 34.0 Å². The Morgan fingerprint density at radius 1 is 0.686 bits per heavy atom. The van der Waals surface area contributed by atoms with E-state index in [2.05, 4.69) is 6.92 Å². The third-order valence-corrected chi connectivity index (χ3v) is 6.34. The zero-order valence-corrected chi connectivity index (χ0v) is 26.5. The zero-order valence-electron chi connectivity index (χ0n) is 21.7. The van der Waals surface area contributed by atoms with Gasteiger partial charge >= 0.3 is 59.1 Å². The predicted molar refractivity (Wildman–Crippen MR) is 118 cm³/mol. The SMILES string of the molecule is CCCCCCCCCCCCOCCOCCOCCC(C(=O)[O-])C(C(=O)[O-])S(=O)(=O)O.[Na+].[Na+]. The van der Waals surface area contributed by atoms with Crippen LogP contribution in [-0.2, 0) is 33.9 Å². The van der Waals surface area contributed by atoms with Crippen LogP contribution in [0.1, 0.15) is 77.6 Å². The quantitative estimate of drug-likeness (QED) is 0.0708. The van der Waals surface area contributed by atoms with E-state index >= 15 is 0 Å². The normalized spacial score (nSPS) is 12.9. The van der Waals surface area contributed by atoms with Crippen LogP contribution in [0.4, 0.5) is 0 Å². The maximum absolute atomic E-state index is 11.1. The number of hydrogen-bond acceptors (Lipinski definition) is 9. The molecule has 0 rings (SSSR count). The molecule has 0 radical (unpaired) electrons. The molecule has 13 heteroatoms.